The van der Waals surface area contributed by atoms with Crippen molar-refractivity contribution in [2.45, 2.75) is 79.6 Å². The highest BCUT2D eigenvalue weighted by Crippen LogP contribution is 2.07. The van der Waals surface area contributed by atoms with Gasteiger partial charge in [-0.1, -0.05) is 0 Å². The molecule has 0 aliphatic carbocycles. The van der Waals surface area contributed by atoms with Gasteiger partial charge in [-0.25, -0.2) is 0 Å². The summed E-state index contributed by atoms with van der Waals surface area (Å²) < 4.78 is 0. The Bertz CT molecular complexity index is 310. The van der Waals surface area contributed by atoms with Crippen molar-refractivity contribution in [2.75, 3.05) is 59.4 Å². The van der Waals surface area contributed by atoms with Gasteiger partial charge in [0, 0.05) is 76.5 Å². The summed E-state index contributed by atoms with van der Waals surface area (Å²) in [6, 6.07) is 2.41. The summed E-state index contributed by atoms with van der Waals surface area (Å²) in [5.41, 5.74) is 0. The van der Waals surface area contributed by atoms with E-state index in [9.17, 15) is 0 Å². The van der Waals surface area contributed by atoms with Gasteiger partial charge in [-0.3, -0.25) is 14.7 Å². The van der Waals surface area contributed by atoms with E-state index in [2.05, 4.69) is 80.7 Å². The summed E-state index contributed by atoms with van der Waals surface area (Å²) in [5, 5.41) is 6.71. The van der Waals surface area contributed by atoms with Gasteiger partial charge in [-0.2, -0.15) is 0 Å². The van der Waals surface area contributed by atoms with Crippen LogP contribution in [0, 0.1) is 0 Å². The van der Waals surface area contributed by atoms with Crippen LogP contribution in [0.3, 0.4) is 0 Å². The third kappa shape index (κ3) is 11.5. The summed E-state index contributed by atoms with van der Waals surface area (Å²) >= 11 is 0. The molecule has 2 N–H and O–H groups in total. The lowest BCUT2D eigenvalue weighted by atomic mass is 10.2. The lowest BCUT2D eigenvalue weighted by Gasteiger charge is -2.36. The molecule has 0 saturated heterocycles. The highest BCUT2D eigenvalue weighted by atomic mass is 15.3. The van der Waals surface area contributed by atoms with Crippen molar-refractivity contribution in [3.05, 3.63) is 0 Å². The maximum absolute atomic E-state index is 3.52. The number of nitrogens with zero attached hydrogens (tertiary/aromatic N) is 3. The van der Waals surface area contributed by atoms with E-state index in [-0.39, 0.29) is 0 Å². The first-order valence-electron chi connectivity index (χ1n) is 10.8. The maximum Gasteiger partial charge on any atom is 0.0115 e. The lowest BCUT2D eigenvalue weighted by Crippen LogP contribution is -2.47. The Labute approximate surface area is 164 Å². The molecular weight excluding hydrogens is 322 g/mol. The molecule has 0 aromatic heterocycles. The van der Waals surface area contributed by atoms with Gasteiger partial charge in [0.05, 0.1) is 0 Å². The van der Waals surface area contributed by atoms with Crippen LogP contribution in [-0.4, -0.2) is 98.3 Å². The summed E-state index contributed by atoms with van der Waals surface area (Å²) in [6.45, 7) is 27.4. The third-order valence-electron chi connectivity index (χ3n) is 5.23. The molecule has 0 aliphatic rings. The second-order valence-corrected chi connectivity index (χ2v) is 8.54. The zero-order valence-electron chi connectivity index (χ0n) is 19.3. The number of hydrogen-bond donors (Lipinski definition) is 2. The number of nitrogens with one attached hydrogen (secondary N) is 2. The molecule has 0 aromatic carbocycles. The lowest BCUT2D eigenvalue weighted by molar-refractivity contribution is 0.113. The minimum atomic E-state index is 0.595. The molecule has 5 heteroatoms. The van der Waals surface area contributed by atoms with Gasteiger partial charge in [0.1, 0.15) is 0 Å². The second-order valence-electron chi connectivity index (χ2n) is 8.54. The molecule has 5 nitrogen and oxygen atoms in total. The van der Waals surface area contributed by atoms with Crippen LogP contribution in [0.1, 0.15) is 55.4 Å². The molecular formula is C21H49N5. The quantitative estimate of drug-likeness (QED) is 0.407. The van der Waals surface area contributed by atoms with E-state index in [1.165, 1.54) is 0 Å². The van der Waals surface area contributed by atoms with Crippen LogP contribution in [-0.2, 0) is 0 Å². The number of rotatable bonds is 16. The number of hydrogen-bond acceptors (Lipinski definition) is 5. The third-order valence-corrected chi connectivity index (χ3v) is 5.23. The first-order valence-corrected chi connectivity index (χ1v) is 10.8. The first-order chi connectivity index (χ1) is 12.2. The summed E-state index contributed by atoms with van der Waals surface area (Å²) in [7, 11) is 2.00. The Morgan fingerprint density at radius 1 is 0.538 bits per heavy atom. The predicted molar refractivity (Wildman–Crippen MR) is 117 cm³/mol. The van der Waals surface area contributed by atoms with E-state index < -0.39 is 0 Å². The Morgan fingerprint density at radius 2 is 1.00 bits per heavy atom. The standard InChI is InChI=1S/C21H49N5/c1-18(2)24(13-12-23-11-10-22-9)14-15-25(19(3)4)16-17-26(20(5)6)21(7)8/h18-23H,10-17H2,1-9H3. The van der Waals surface area contributed by atoms with Gasteiger partial charge in [0.25, 0.3) is 0 Å². The number of likely N-dealkylation sites (N-methyl/N-ethyl adjacent to an activating group) is 1. The van der Waals surface area contributed by atoms with Crippen molar-refractivity contribution < 1.29 is 0 Å². The van der Waals surface area contributed by atoms with Crippen molar-refractivity contribution in [3.8, 4) is 0 Å². The van der Waals surface area contributed by atoms with E-state index in [1.54, 1.807) is 0 Å². The minimum absolute atomic E-state index is 0.595. The van der Waals surface area contributed by atoms with E-state index in [4.69, 9.17) is 0 Å². The van der Waals surface area contributed by atoms with Crippen LogP contribution < -0.4 is 10.6 Å². The molecule has 0 rings (SSSR count). The maximum atomic E-state index is 3.52. The monoisotopic (exact) mass is 371 g/mol. The van der Waals surface area contributed by atoms with E-state index >= 15 is 0 Å². The smallest absolute Gasteiger partial charge is 0.0115 e. The molecule has 0 fully saturated rings. The Hall–Kier alpha value is -0.200. The van der Waals surface area contributed by atoms with Gasteiger partial charge in [-0.15, -0.1) is 0 Å². The van der Waals surface area contributed by atoms with Crippen LogP contribution in [0.15, 0.2) is 0 Å². The van der Waals surface area contributed by atoms with Crippen molar-refractivity contribution >= 4 is 0 Å². The molecule has 0 atom stereocenters. The molecule has 0 heterocycles. The Kier molecular flexibility index (Phi) is 14.7. The minimum Gasteiger partial charge on any atom is -0.318 e. The van der Waals surface area contributed by atoms with E-state index in [1.807, 2.05) is 7.05 Å². The molecule has 0 unspecified atom stereocenters. The molecule has 0 bridgehead atoms. The van der Waals surface area contributed by atoms with Crippen molar-refractivity contribution in [1.29, 1.82) is 0 Å². The fraction of sp³-hybridized carbons (Fsp3) is 1.00. The average molecular weight is 372 g/mol. The van der Waals surface area contributed by atoms with Crippen molar-refractivity contribution in [3.63, 3.8) is 0 Å². The molecule has 26 heavy (non-hydrogen) atoms. The highest BCUT2D eigenvalue weighted by molar-refractivity contribution is 4.74. The largest absolute Gasteiger partial charge is 0.318 e. The summed E-state index contributed by atoms with van der Waals surface area (Å²) in [4.78, 5) is 7.84. The van der Waals surface area contributed by atoms with Gasteiger partial charge < -0.3 is 10.6 Å². The molecule has 0 aromatic rings. The van der Waals surface area contributed by atoms with Crippen molar-refractivity contribution in [1.82, 2.24) is 25.3 Å². The summed E-state index contributed by atoms with van der Waals surface area (Å²) in [5.74, 6) is 0. The van der Waals surface area contributed by atoms with Gasteiger partial charge in [0.2, 0.25) is 0 Å². The zero-order valence-corrected chi connectivity index (χ0v) is 19.3. The first kappa shape index (κ1) is 25.8. The predicted octanol–water partition coefficient (Wildman–Crippen LogP) is 2.34. The van der Waals surface area contributed by atoms with Crippen LogP contribution in [0.25, 0.3) is 0 Å². The molecule has 158 valence electrons. The SMILES string of the molecule is CNCCNCCN(CCN(CCN(C(C)C)C(C)C)C(C)C)C(C)C. The van der Waals surface area contributed by atoms with Gasteiger partial charge in [0.15, 0.2) is 0 Å². The zero-order chi connectivity index (χ0) is 20.1. The molecule has 0 aliphatic heterocycles. The molecule has 0 spiro atoms. The Morgan fingerprint density at radius 3 is 1.42 bits per heavy atom. The summed E-state index contributed by atoms with van der Waals surface area (Å²) in [6.07, 6.45) is 0. The second kappa shape index (κ2) is 14.8. The fourth-order valence-corrected chi connectivity index (χ4v) is 3.43. The normalized spacial score (nSPS) is 12.9. The molecule has 0 radical (unpaired) electrons. The van der Waals surface area contributed by atoms with Crippen molar-refractivity contribution in [2.24, 2.45) is 0 Å². The van der Waals surface area contributed by atoms with Crippen LogP contribution in [0.4, 0.5) is 0 Å². The van der Waals surface area contributed by atoms with E-state index in [0.717, 1.165) is 52.4 Å². The average Bonchev–Trinajstić information content (AvgIpc) is 2.54. The van der Waals surface area contributed by atoms with Crippen LogP contribution in [0.2, 0.25) is 0 Å². The fourth-order valence-electron chi connectivity index (χ4n) is 3.43. The Balaban J connectivity index is 4.43. The molecule has 0 amide bonds. The highest BCUT2D eigenvalue weighted by Gasteiger charge is 2.18. The van der Waals surface area contributed by atoms with Crippen LogP contribution in [0.5, 0.6) is 0 Å². The topological polar surface area (TPSA) is 33.8 Å². The van der Waals surface area contributed by atoms with Gasteiger partial charge >= 0.3 is 0 Å². The molecule has 0 saturated carbocycles. The van der Waals surface area contributed by atoms with Gasteiger partial charge in [-0.05, 0) is 62.4 Å². The van der Waals surface area contributed by atoms with Crippen LogP contribution >= 0.6 is 0 Å². The van der Waals surface area contributed by atoms with E-state index in [0.29, 0.717) is 24.2 Å².